The van der Waals surface area contributed by atoms with Crippen LogP contribution in [0.3, 0.4) is 0 Å². The van der Waals surface area contributed by atoms with Crippen molar-refractivity contribution in [3.8, 4) is 11.1 Å². The largest absolute Gasteiger partial charge is 0.341 e. The van der Waals surface area contributed by atoms with Gasteiger partial charge in [0.25, 0.3) is 0 Å². The van der Waals surface area contributed by atoms with E-state index in [1.165, 1.54) is 106 Å². The van der Waals surface area contributed by atoms with Crippen LogP contribution in [0.25, 0.3) is 34.9 Å². The Hall–Kier alpha value is -6.12. The van der Waals surface area contributed by atoms with Gasteiger partial charge in [0.05, 0.1) is 11.4 Å². The van der Waals surface area contributed by atoms with E-state index < -0.39 is 0 Å². The first-order valence-electron chi connectivity index (χ1n) is 20.7. The SMILES string of the molecule is C1=Cc2ccccc2N(c2ccc(-c3ccc(/C=C/C4=CC=C5c6ccc(N7CCCc8ccccc87)cc6C6(CCCC6)C5C4)cc3)cc2)c2ccccc21. The highest BCUT2D eigenvalue weighted by Gasteiger charge is 2.51. The lowest BCUT2D eigenvalue weighted by Gasteiger charge is -2.35. The summed E-state index contributed by atoms with van der Waals surface area (Å²) in [5.74, 6) is 0.562. The van der Waals surface area contributed by atoms with Gasteiger partial charge in [-0.3, -0.25) is 0 Å². The third-order valence-corrected chi connectivity index (χ3v) is 13.4. The number of nitrogens with zero attached hydrogens (tertiary/aromatic N) is 2. The first kappa shape index (κ1) is 33.2. The van der Waals surface area contributed by atoms with Gasteiger partial charge in [0, 0.05) is 29.0 Å². The van der Waals surface area contributed by atoms with E-state index in [-0.39, 0.29) is 5.41 Å². The third kappa shape index (κ3) is 5.54. The maximum atomic E-state index is 2.59. The Kier molecular flexibility index (Phi) is 8.05. The number of rotatable bonds is 5. The molecule has 0 bridgehead atoms. The molecule has 2 heteroatoms. The van der Waals surface area contributed by atoms with Crippen molar-refractivity contribution in [2.45, 2.75) is 50.4 Å². The van der Waals surface area contributed by atoms with Gasteiger partial charge >= 0.3 is 0 Å². The summed E-state index contributed by atoms with van der Waals surface area (Å²) in [7, 11) is 0. The summed E-state index contributed by atoms with van der Waals surface area (Å²) in [6.07, 6.45) is 22.8. The number of hydrogen-bond acceptors (Lipinski definition) is 2. The van der Waals surface area contributed by atoms with Gasteiger partial charge in [-0.05, 0) is 136 Å². The lowest BCUT2D eigenvalue weighted by molar-refractivity contribution is 0.348. The molecule has 6 aromatic rings. The van der Waals surface area contributed by atoms with Crippen LogP contribution in [0.15, 0.2) is 163 Å². The van der Waals surface area contributed by atoms with Gasteiger partial charge in [0.1, 0.15) is 0 Å². The van der Waals surface area contributed by atoms with Gasteiger partial charge in [-0.15, -0.1) is 0 Å². The predicted octanol–water partition coefficient (Wildman–Crippen LogP) is 14.3. The molecule has 1 spiro atoms. The molecule has 0 N–H and O–H groups in total. The molecule has 11 rings (SSSR count). The molecule has 0 aromatic heterocycles. The van der Waals surface area contributed by atoms with Crippen LogP contribution in [0.4, 0.5) is 28.4 Å². The average molecular weight is 723 g/mol. The number of aryl methyl sites for hydroxylation is 1. The molecule has 2 aliphatic heterocycles. The molecular weight excluding hydrogens is 677 g/mol. The monoisotopic (exact) mass is 722 g/mol. The molecule has 272 valence electrons. The number of fused-ring (bicyclic) bond motifs is 8. The fourth-order valence-corrected chi connectivity index (χ4v) is 10.6. The van der Waals surface area contributed by atoms with Gasteiger partial charge in [-0.25, -0.2) is 0 Å². The molecule has 3 aliphatic carbocycles. The Morgan fingerprint density at radius 3 is 1.95 bits per heavy atom. The highest BCUT2D eigenvalue weighted by molar-refractivity contribution is 5.93. The van der Waals surface area contributed by atoms with E-state index in [1.54, 1.807) is 11.1 Å². The Labute approximate surface area is 331 Å². The van der Waals surface area contributed by atoms with Crippen molar-refractivity contribution in [1.82, 2.24) is 0 Å². The molecule has 5 aliphatic rings. The van der Waals surface area contributed by atoms with Gasteiger partial charge in [0.2, 0.25) is 0 Å². The second-order valence-electron chi connectivity index (χ2n) is 16.4. The summed E-state index contributed by atoms with van der Waals surface area (Å²) in [6.45, 7) is 1.10. The molecule has 0 saturated heterocycles. The standard InChI is InChI=1S/C54H46N2/c1-4-14-51-42(10-1)13-9-35-55(51)46-30-32-48-47-31-21-39(36-49(47)54(50(48)37-46)33-7-8-34-54)18-17-38-19-22-40(23-20-38)41-26-28-45(29-27-41)56-52-15-5-2-11-43(52)24-25-44-12-3-6-16-53(44)56/h1-6,10-12,14-32,37,49H,7-9,13,33-36H2/b18-17+. The summed E-state index contributed by atoms with van der Waals surface area (Å²) in [6, 6.07) is 51.9. The molecule has 1 fully saturated rings. The van der Waals surface area contributed by atoms with Gasteiger partial charge in [0.15, 0.2) is 0 Å². The van der Waals surface area contributed by atoms with E-state index >= 15 is 0 Å². The van der Waals surface area contributed by atoms with Crippen LogP contribution in [-0.2, 0) is 11.8 Å². The van der Waals surface area contributed by atoms with E-state index in [2.05, 4.69) is 186 Å². The maximum Gasteiger partial charge on any atom is 0.0534 e. The summed E-state index contributed by atoms with van der Waals surface area (Å²) in [5, 5.41) is 0. The molecule has 1 unspecified atom stereocenters. The molecule has 1 saturated carbocycles. The smallest absolute Gasteiger partial charge is 0.0534 e. The van der Waals surface area contributed by atoms with Crippen molar-refractivity contribution in [1.29, 1.82) is 0 Å². The van der Waals surface area contributed by atoms with Crippen LogP contribution in [0.5, 0.6) is 0 Å². The lowest BCUT2D eigenvalue weighted by atomic mass is 9.69. The third-order valence-electron chi connectivity index (χ3n) is 13.4. The molecule has 0 amide bonds. The quantitative estimate of drug-likeness (QED) is 0.175. The molecule has 1 atom stereocenters. The van der Waals surface area contributed by atoms with Crippen LogP contribution in [0.2, 0.25) is 0 Å². The highest BCUT2D eigenvalue weighted by Crippen LogP contribution is 2.61. The molecule has 2 nitrogen and oxygen atoms in total. The normalized spacial score (nSPS) is 18.8. The zero-order valence-electron chi connectivity index (χ0n) is 31.9. The van der Waals surface area contributed by atoms with E-state index in [0.29, 0.717) is 5.92 Å². The van der Waals surface area contributed by atoms with Crippen molar-refractivity contribution in [3.05, 3.63) is 197 Å². The summed E-state index contributed by atoms with van der Waals surface area (Å²) >= 11 is 0. The average Bonchev–Trinajstić information content (AvgIpc) is 3.81. The van der Waals surface area contributed by atoms with E-state index in [4.69, 9.17) is 0 Å². The number of hydrogen-bond donors (Lipinski definition) is 0. The topological polar surface area (TPSA) is 6.48 Å². The second-order valence-corrected chi connectivity index (χ2v) is 16.4. The first-order chi connectivity index (χ1) is 27.7. The van der Waals surface area contributed by atoms with Crippen LogP contribution in [-0.4, -0.2) is 6.54 Å². The summed E-state index contributed by atoms with van der Waals surface area (Å²) in [5.41, 5.74) is 20.3. The van der Waals surface area contributed by atoms with Crippen molar-refractivity contribution in [3.63, 3.8) is 0 Å². The minimum atomic E-state index is 0.258. The van der Waals surface area contributed by atoms with Crippen molar-refractivity contribution in [2.24, 2.45) is 5.92 Å². The Morgan fingerprint density at radius 2 is 1.21 bits per heavy atom. The molecule has 56 heavy (non-hydrogen) atoms. The Bertz CT molecular complexity index is 2540. The van der Waals surface area contributed by atoms with Crippen LogP contribution >= 0.6 is 0 Å². The van der Waals surface area contributed by atoms with Crippen LogP contribution < -0.4 is 9.80 Å². The van der Waals surface area contributed by atoms with Gasteiger partial charge in [-0.2, -0.15) is 0 Å². The zero-order chi connectivity index (χ0) is 37.1. The highest BCUT2D eigenvalue weighted by atomic mass is 15.2. The molecule has 2 heterocycles. The Morgan fingerprint density at radius 1 is 0.571 bits per heavy atom. The van der Waals surface area contributed by atoms with Gasteiger partial charge < -0.3 is 9.80 Å². The van der Waals surface area contributed by atoms with Gasteiger partial charge in [-0.1, -0.05) is 146 Å². The minimum absolute atomic E-state index is 0.258. The summed E-state index contributed by atoms with van der Waals surface area (Å²) < 4.78 is 0. The fraction of sp³-hybridized carbons (Fsp3) is 0.185. The van der Waals surface area contributed by atoms with Crippen LogP contribution in [0, 0.1) is 5.92 Å². The predicted molar refractivity (Wildman–Crippen MR) is 237 cm³/mol. The number of para-hydroxylation sites is 3. The number of benzene rings is 6. The second kappa shape index (κ2) is 13.6. The van der Waals surface area contributed by atoms with E-state index in [1.807, 2.05) is 0 Å². The minimum Gasteiger partial charge on any atom is -0.341 e. The van der Waals surface area contributed by atoms with Crippen molar-refractivity contribution >= 4 is 52.2 Å². The zero-order valence-corrected chi connectivity index (χ0v) is 31.9. The van der Waals surface area contributed by atoms with Crippen molar-refractivity contribution < 1.29 is 0 Å². The summed E-state index contributed by atoms with van der Waals surface area (Å²) in [4.78, 5) is 4.96. The molecular formula is C54H46N2. The Balaban J connectivity index is 0.825. The number of anilines is 5. The lowest BCUT2D eigenvalue weighted by Crippen LogP contribution is -2.29. The maximum absolute atomic E-state index is 2.59. The van der Waals surface area contributed by atoms with Crippen molar-refractivity contribution in [2.75, 3.05) is 16.3 Å². The van der Waals surface area contributed by atoms with E-state index in [9.17, 15) is 0 Å². The number of allylic oxidation sites excluding steroid dienone is 5. The fourth-order valence-electron chi connectivity index (χ4n) is 10.6. The molecule has 6 aromatic carbocycles. The van der Waals surface area contributed by atoms with Crippen LogP contribution in [0.1, 0.15) is 71.9 Å². The van der Waals surface area contributed by atoms with E-state index in [0.717, 1.165) is 18.7 Å². The molecule has 0 radical (unpaired) electrons. The first-order valence-corrected chi connectivity index (χ1v) is 20.7.